The van der Waals surface area contributed by atoms with Gasteiger partial charge in [0.25, 0.3) is 5.91 Å². The summed E-state index contributed by atoms with van der Waals surface area (Å²) in [6.45, 7) is 6.69. The van der Waals surface area contributed by atoms with Gasteiger partial charge in [-0.2, -0.15) is 4.31 Å². The van der Waals surface area contributed by atoms with Crippen LogP contribution in [0.1, 0.15) is 23.7 Å². The van der Waals surface area contributed by atoms with E-state index in [0.717, 1.165) is 5.41 Å². The maximum atomic E-state index is 12.9. The van der Waals surface area contributed by atoms with Crippen molar-refractivity contribution in [2.45, 2.75) is 23.8 Å². The molecule has 2 N–H and O–H groups in total. The Morgan fingerprint density at radius 1 is 1.28 bits per heavy atom. The molecule has 9 nitrogen and oxygen atoms in total. The third-order valence-electron chi connectivity index (χ3n) is 5.05. The lowest BCUT2D eigenvalue weighted by atomic mass is 10.00. The number of nitrogens with one attached hydrogen (secondary N) is 2. The summed E-state index contributed by atoms with van der Waals surface area (Å²) >= 11 is 0. The monoisotopic (exact) mass is 443 g/mol. The van der Waals surface area contributed by atoms with Crippen LogP contribution in [-0.4, -0.2) is 65.4 Å². The maximum Gasteiger partial charge on any atom is 0.251 e. The van der Waals surface area contributed by atoms with E-state index in [1.54, 1.807) is 0 Å². The molecular weight excluding hydrogens is 418 g/mol. The molecule has 160 valence electrons. The fourth-order valence-electron chi connectivity index (χ4n) is 3.23. The maximum absolute atomic E-state index is 12.9. The van der Waals surface area contributed by atoms with Crippen LogP contribution in [0.2, 0.25) is 0 Å². The molecule has 0 saturated carbocycles. The third kappa shape index (κ3) is 5.04. The average Bonchev–Trinajstić information content (AvgIpc) is 3.15. The summed E-state index contributed by atoms with van der Waals surface area (Å²) in [5.74, 6) is -0.398. The van der Waals surface area contributed by atoms with Gasteiger partial charge < -0.3 is 10.1 Å². The van der Waals surface area contributed by atoms with E-state index in [9.17, 15) is 21.6 Å². The SMILES string of the molecule is C=CS(=O)(=O)NC[C@H]1CCN(S(=O)(=O)c2ccc(C(=O)NC3(C)COC3)cc2)C1. The van der Waals surface area contributed by atoms with Crippen molar-refractivity contribution in [2.24, 2.45) is 5.92 Å². The van der Waals surface area contributed by atoms with E-state index < -0.39 is 20.0 Å². The molecule has 29 heavy (non-hydrogen) atoms. The summed E-state index contributed by atoms with van der Waals surface area (Å²) in [6.07, 6.45) is 0.556. The number of hydrogen-bond acceptors (Lipinski definition) is 6. The first kappa shape index (κ1) is 21.9. The molecule has 0 bridgehead atoms. The fourth-order valence-corrected chi connectivity index (χ4v) is 5.35. The summed E-state index contributed by atoms with van der Waals surface area (Å²) in [5, 5.41) is 3.70. The summed E-state index contributed by atoms with van der Waals surface area (Å²) in [7, 11) is -7.25. The van der Waals surface area contributed by atoms with Gasteiger partial charge in [0, 0.05) is 30.6 Å². The second-order valence-electron chi connectivity index (χ2n) is 7.61. The number of carbonyl (C=O) groups excluding carboxylic acids is 1. The Bertz CT molecular complexity index is 985. The lowest BCUT2D eigenvalue weighted by Gasteiger charge is -2.38. The molecule has 1 aromatic carbocycles. The highest BCUT2D eigenvalue weighted by Crippen LogP contribution is 2.25. The van der Waals surface area contributed by atoms with Gasteiger partial charge in [0.2, 0.25) is 20.0 Å². The summed E-state index contributed by atoms with van der Waals surface area (Å²) in [5.41, 5.74) is -0.0188. The first-order valence-corrected chi connectivity index (χ1v) is 12.2. The van der Waals surface area contributed by atoms with Gasteiger partial charge >= 0.3 is 0 Å². The molecule has 0 aliphatic carbocycles. The molecule has 0 spiro atoms. The zero-order chi connectivity index (χ0) is 21.3. The van der Waals surface area contributed by atoms with Crippen molar-refractivity contribution < 1.29 is 26.4 Å². The number of sulfonamides is 2. The molecule has 2 aliphatic heterocycles. The minimum absolute atomic E-state index is 0.0968. The predicted octanol–water partition coefficient (Wildman–Crippen LogP) is 0.279. The standard InChI is InChI=1S/C18H25N3O6S2/c1-3-28(23,24)19-10-14-8-9-21(11-14)29(25,26)16-6-4-15(5-7-16)17(22)20-18(2)12-27-13-18/h3-7,14,19H,1,8-13H2,2H3,(H,20,22)/t14-/m1/s1. The second kappa shape index (κ2) is 8.15. The van der Waals surface area contributed by atoms with E-state index >= 15 is 0 Å². The molecule has 1 amide bonds. The van der Waals surface area contributed by atoms with Crippen molar-refractivity contribution in [3.63, 3.8) is 0 Å². The van der Waals surface area contributed by atoms with Crippen molar-refractivity contribution >= 4 is 26.0 Å². The lowest BCUT2D eigenvalue weighted by Crippen LogP contribution is -2.59. The second-order valence-corrected chi connectivity index (χ2v) is 11.3. The Labute approximate surface area is 171 Å². The van der Waals surface area contributed by atoms with Gasteiger partial charge in [-0.05, 0) is 43.5 Å². The number of amides is 1. The number of benzene rings is 1. The van der Waals surface area contributed by atoms with Crippen LogP contribution in [0.15, 0.2) is 41.1 Å². The van der Waals surface area contributed by atoms with E-state index in [4.69, 9.17) is 4.74 Å². The highest BCUT2D eigenvalue weighted by Gasteiger charge is 2.35. The lowest BCUT2D eigenvalue weighted by molar-refractivity contribution is -0.0593. The fraction of sp³-hybridized carbons (Fsp3) is 0.500. The molecule has 2 heterocycles. The van der Waals surface area contributed by atoms with Crippen molar-refractivity contribution in [2.75, 3.05) is 32.8 Å². The molecule has 1 atom stereocenters. The largest absolute Gasteiger partial charge is 0.376 e. The van der Waals surface area contributed by atoms with Gasteiger partial charge in [-0.3, -0.25) is 4.79 Å². The zero-order valence-electron chi connectivity index (χ0n) is 16.1. The van der Waals surface area contributed by atoms with Gasteiger partial charge in [-0.25, -0.2) is 21.6 Å². The molecule has 2 fully saturated rings. The smallest absolute Gasteiger partial charge is 0.251 e. The van der Waals surface area contributed by atoms with Gasteiger partial charge in [0.15, 0.2) is 0 Å². The van der Waals surface area contributed by atoms with Crippen LogP contribution in [-0.2, 0) is 24.8 Å². The third-order valence-corrected chi connectivity index (χ3v) is 7.94. The van der Waals surface area contributed by atoms with Gasteiger partial charge in [0.1, 0.15) is 0 Å². The molecule has 1 aromatic rings. The molecule has 0 unspecified atom stereocenters. The Morgan fingerprint density at radius 2 is 1.93 bits per heavy atom. The van der Waals surface area contributed by atoms with E-state index in [-0.39, 0.29) is 35.3 Å². The van der Waals surface area contributed by atoms with Crippen LogP contribution >= 0.6 is 0 Å². The summed E-state index contributed by atoms with van der Waals surface area (Å²) in [6, 6.07) is 5.79. The Balaban J connectivity index is 1.62. The minimum atomic E-state index is -3.72. The Morgan fingerprint density at radius 3 is 2.48 bits per heavy atom. The Kier molecular flexibility index (Phi) is 6.16. The van der Waals surface area contributed by atoms with Crippen LogP contribution in [0.3, 0.4) is 0 Å². The van der Waals surface area contributed by atoms with E-state index in [0.29, 0.717) is 31.7 Å². The molecule has 3 rings (SSSR count). The number of rotatable bonds is 8. The van der Waals surface area contributed by atoms with Gasteiger partial charge in [0.05, 0.1) is 23.6 Å². The summed E-state index contributed by atoms with van der Waals surface area (Å²) < 4.78 is 57.4. The van der Waals surface area contributed by atoms with Crippen LogP contribution in [0.25, 0.3) is 0 Å². The first-order valence-electron chi connectivity index (χ1n) is 9.17. The molecular formula is C18H25N3O6S2. The molecule has 2 saturated heterocycles. The van der Waals surface area contributed by atoms with Crippen LogP contribution in [0.4, 0.5) is 0 Å². The summed E-state index contributed by atoms with van der Waals surface area (Å²) in [4.78, 5) is 12.4. The number of hydrogen-bond donors (Lipinski definition) is 2. The van der Waals surface area contributed by atoms with Crippen LogP contribution < -0.4 is 10.0 Å². The van der Waals surface area contributed by atoms with Crippen LogP contribution in [0, 0.1) is 5.92 Å². The normalized spacial score (nSPS) is 22.0. The molecule has 0 aromatic heterocycles. The highest BCUT2D eigenvalue weighted by atomic mass is 32.2. The van der Waals surface area contributed by atoms with Crippen molar-refractivity contribution in [1.82, 2.24) is 14.3 Å². The van der Waals surface area contributed by atoms with Crippen molar-refractivity contribution in [1.29, 1.82) is 0 Å². The topological polar surface area (TPSA) is 122 Å². The van der Waals surface area contributed by atoms with Crippen molar-refractivity contribution in [3.8, 4) is 0 Å². The van der Waals surface area contributed by atoms with Crippen LogP contribution in [0.5, 0.6) is 0 Å². The Hall–Kier alpha value is -1.79. The predicted molar refractivity (Wildman–Crippen MR) is 107 cm³/mol. The molecule has 11 heteroatoms. The minimum Gasteiger partial charge on any atom is -0.376 e. The molecule has 0 radical (unpaired) electrons. The van der Waals surface area contributed by atoms with Crippen molar-refractivity contribution in [3.05, 3.63) is 41.8 Å². The van der Waals surface area contributed by atoms with Gasteiger partial charge in [-0.1, -0.05) is 6.58 Å². The zero-order valence-corrected chi connectivity index (χ0v) is 17.8. The van der Waals surface area contributed by atoms with E-state index in [1.165, 1.54) is 28.6 Å². The van der Waals surface area contributed by atoms with E-state index in [2.05, 4.69) is 16.6 Å². The highest BCUT2D eigenvalue weighted by molar-refractivity contribution is 7.92. The number of ether oxygens (including phenoxy) is 1. The quantitative estimate of drug-likeness (QED) is 0.595. The van der Waals surface area contributed by atoms with Gasteiger partial charge in [-0.15, -0.1) is 0 Å². The molecule has 2 aliphatic rings. The average molecular weight is 444 g/mol. The van der Waals surface area contributed by atoms with E-state index in [1.807, 2.05) is 6.92 Å². The number of nitrogens with zero attached hydrogens (tertiary/aromatic N) is 1. The number of carbonyl (C=O) groups is 1. The first-order chi connectivity index (χ1) is 13.5.